The second-order valence-corrected chi connectivity index (χ2v) is 11.7. The first-order valence-electron chi connectivity index (χ1n) is 15.3. The van der Waals surface area contributed by atoms with Crippen molar-refractivity contribution in [1.29, 1.82) is 0 Å². The van der Waals surface area contributed by atoms with E-state index in [4.69, 9.17) is 5.11 Å². The number of benzene rings is 2. The topological polar surface area (TPSA) is 58.9 Å². The van der Waals surface area contributed by atoms with Gasteiger partial charge in [0, 0.05) is 38.7 Å². The Morgan fingerprint density at radius 1 is 0.458 bits per heavy atom. The first-order chi connectivity index (χ1) is 26.2. The fourth-order valence-corrected chi connectivity index (χ4v) is 4.44. The minimum absolute atomic E-state index is 0. The molecule has 323 valence electrons. The van der Waals surface area contributed by atoms with Gasteiger partial charge < -0.3 is 15.1 Å². The van der Waals surface area contributed by atoms with Crippen LogP contribution in [0, 0.1) is 26.0 Å². The Labute approximate surface area is 334 Å². The Balaban J connectivity index is 0.000000306. The number of aromatic nitrogens is 3. The van der Waals surface area contributed by atoms with E-state index >= 15 is 0 Å². The monoisotopic (exact) mass is 1050 g/mol. The first kappa shape index (κ1) is 50.4. The summed E-state index contributed by atoms with van der Waals surface area (Å²) >= 11 is 0. The molecule has 4 nitrogen and oxygen atoms in total. The molecule has 0 aliphatic rings. The molecule has 0 atom stereocenters. The molecule has 0 aliphatic heterocycles. The number of pyridine rings is 3. The van der Waals surface area contributed by atoms with Gasteiger partial charge in [0.1, 0.15) is 0 Å². The van der Waals surface area contributed by atoms with Crippen LogP contribution in [0.15, 0.2) is 85.3 Å². The van der Waals surface area contributed by atoms with Gasteiger partial charge >= 0.3 is 37.1 Å². The smallest absolute Gasteiger partial charge is 0.368 e. The quantitative estimate of drug-likeness (QED) is 0.144. The summed E-state index contributed by atoms with van der Waals surface area (Å²) in [4.78, 5) is 10.5. The summed E-state index contributed by atoms with van der Waals surface area (Å²) in [7, 11) is 0. The molecule has 5 aromatic rings. The van der Waals surface area contributed by atoms with E-state index in [9.17, 15) is 79.0 Å². The third-order valence-electron chi connectivity index (χ3n) is 7.24. The van der Waals surface area contributed by atoms with E-state index in [2.05, 4.69) is 15.0 Å². The van der Waals surface area contributed by atoms with Crippen LogP contribution >= 0.6 is 0 Å². The van der Waals surface area contributed by atoms with Crippen LogP contribution in [0.4, 0.5) is 79.0 Å². The molecule has 59 heavy (non-hydrogen) atoms. The zero-order valence-electron chi connectivity index (χ0n) is 29.0. The Bertz CT molecular complexity index is 1960. The molecule has 23 heteroatoms. The van der Waals surface area contributed by atoms with Crippen molar-refractivity contribution in [3.8, 4) is 22.5 Å². The van der Waals surface area contributed by atoms with Gasteiger partial charge in [-0.1, -0.05) is 29.3 Å². The van der Waals surface area contributed by atoms with E-state index in [1.165, 1.54) is 24.5 Å². The summed E-state index contributed by atoms with van der Waals surface area (Å²) in [6.07, 6.45) is -28.0. The third kappa shape index (κ3) is 13.1. The van der Waals surface area contributed by atoms with Crippen LogP contribution in [0.2, 0.25) is 0 Å². The molecule has 3 aromatic heterocycles. The largest absolute Gasteiger partial charge is 0.432 e. The van der Waals surface area contributed by atoms with Gasteiger partial charge in [0.15, 0.2) is 0 Å². The second kappa shape index (κ2) is 18.2. The van der Waals surface area contributed by atoms with Gasteiger partial charge in [-0.3, -0.25) is 4.98 Å². The van der Waals surface area contributed by atoms with Crippen LogP contribution in [-0.4, -0.2) is 32.4 Å². The zero-order valence-corrected chi connectivity index (χ0v) is 31.4. The van der Waals surface area contributed by atoms with Crippen molar-refractivity contribution in [3.05, 3.63) is 137 Å². The maximum absolute atomic E-state index is 12.7. The second-order valence-electron chi connectivity index (χ2n) is 11.7. The van der Waals surface area contributed by atoms with Crippen molar-refractivity contribution < 1.29 is 104 Å². The summed E-state index contributed by atoms with van der Waals surface area (Å²) in [5.74, 6) is 0. The summed E-state index contributed by atoms with van der Waals surface area (Å²) in [6, 6.07) is 13.7. The molecular weight excluding hydrogens is 1020 g/mol. The van der Waals surface area contributed by atoms with Crippen molar-refractivity contribution >= 4 is 0 Å². The molecule has 5 rings (SSSR count). The third-order valence-corrected chi connectivity index (χ3v) is 7.24. The Hall–Kier alpha value is -4.76. The normalized spacial score (nSPS) is 12.7. The van der Waals surface area contributed by atoms with E-state index in [1.807, 2.05) is 12.1 Å². The fourth-order valence-electron chi connectivity index (χ4n) is 4.44. The minimum Gasteiger partial charge on any atom is -0.368 e. The molecule has 0 spiro atoms. The molecule has 0 bridgehead atoms. The summed E-state index contributed by atoms with van der Waals surface area (Å²) in [6.45, 7) is 3.31. The van der Waals surface area contributed by atoms with E-state index in [1.54, 1.807) is 26.0 Å². The first-order valence-corrected chi connectivity index (χ1v) is 15.3. The van der Waals surface area contributed by atoms with Crippen molar-refractivity contribution in [2.24, 2.45) is 0 Å². The molecule has 0 aliphatic carbocycles. The van der Waals surface area contributed by atoms with Gasteiger partial charge in [0.2, 0.25) is 0 Å². The predicted octanol–water partition coefficient (Wildman–Crippen LogP) is 12.2. The predicted molar refractivity (Wildman–Crippen MR) is 167 cm³/mol. The molecular formula is C36H21F18IrN3O-2. The minimum atomic E-state index is -5.89. The number of aryl methyl sites for hydroxylation is 2. The Morgan fingerprint density at radius 2 is 0.831 bits per heavy atom. The van der Waals surface area contributed by atoms with Gasteiger partial charge in [-0.2, -0.15) is 79.0 Å². The van der Waals surface area contributed by atoms with Gasteiger partial charge in [0.25, 0.3) is 5.60 Å². The van der Waals surface area contributed by atoms with Crippen molar-refractivity contribution in [3.63, 3.8) is 0 Å². The molecule has 0 fully saturated rings. The molecule has 1 N–H and O–H groups in total. The average molecular weight is 1050 g/mol. The summed E-state index contributed by atoms with van der Waals surface area (Å²) in [5, 5.41) is 8.84. The summed E-state index contributed by atoms with van der Waals surface area (Å²) < 4.78 is 226. The average Bonchev–Trinajstić information content (AvgIpc) is 3.09. The maximum atomic E-state index is 12.7. The van der Waals surface area contributed by atoms with E-state index in [0.717, 1.165) is 18.3 Å². The van der Waals surface area contributed by atoms with Gasteiger partial charge in [-0.05, 0) is 71.8 Å². The van der Waals surface area contributed by atoms with Crippen LogP contribution in [0.1, 0.15) is 39.1 Å². The number of nitrogens with zero attached hydrogens (tertiary/aromatic N) is 3. The standard InChI is InChI=1S/2C14H8F6N.C8H5F6NO.Ir/c2*1-8-2-3-21-12(4-8)9-5-10(13(15,16)17)7-11(6-9)14(18,19)20;9-7(10,11)6(16,8(12,13)14)5-3-1-2-4-15-5;/h2*2-5,7H,1H3;1-4,16H;/q2*-1;;. The van der Waals surface area contributed by atoms with Crippen LogP contribution in [0.5, 0.6) is 0 Å². The number of halogens is 18. The van der Waals surface area contributed by atoms with Crippen LogP contribution in [0.3, 0.4) is 0 Å². The number of aliphatic hydroxyl groups is 1. The van der Waals surface area contributed by atoms with Crippen LogP contribution in [0.25, 0.3) is 22.5 Å². The SMILES string of the molecule is Cc1ccnc(-c2[c-]c(C(F)(F)F)cc(C(F)(F)F)c2)c1.Cc1ccnc(-c2[c-]c(C(F)(F)F)cc(C(F)(F)F)c2)c1.OC(c1ccccn1)(C(F)(F)F)C(F)(F)F.[Ir]. The van der Waals surface area contributed by atoms with Gasteiger partial charge in [0.05, 0.1) is 5.69 Å². The van der Waals surface area contributed by atoms with Crippen LogP contribution < -0.4 is 0 Å². The Morgan fingerprint density at radius 3 is 1.10 bits per heavy atom. The number of hydrogen-bond acceptors (Lipinski definition) is 4. The van der Waals surface area contributed by atoms with Crippen molar-refractivity contribution in [2.75, 3.05) is 0 Å². The fraction of sp³-hybridized carbons (Fsp3) is 0.250. The molecule has 0 unspecified atom stereocenters. The van der Waals surface area contributed by atoms with E-state index in [-0.39, 0.29) is 54.8 Å². The number of alkyl halides is 18. The van der Waals surface area contributed by atoms with Crippen molar-refractivity contribution in [2.45, 2.75) is 56.5 Å². The molecule has 0 saturated carbocycles. The van der Waals surface area contributed by atoms with E-state index in [0.29, 0.717) is 29.3 Å². The Kier molecular flexibility index (Phi) is 15.6. The molecule has 1 radical (unpaired) electrons. The van der Waals surface area contributed by atoms with Crippen molar-refractivity contribution in [1.82, 2.24) is 15.0 Å². The zero-order chi connectivity index (χ0) is 44.3. The number of hydrogen-bond donors (Lipinski definition) is 1. The molecule has 2 aromatic carbocycles. The number of rotatable bonds is 3. The van der Waals surface area contributed by atoms with Gasteiger partial charge in [-0.15, -0.1) is 47.5 Å². The molecule has 0 saturated heterocycles. The van der Waals surface area contributed by atoms with E-state index < -0.39 is 70.6 Å². The van der Waals surface area contributed by atoms with Gasteiger partial charge in [-0.25, -0.2) is 0 Å². The summed E-state index contributed by atoms with van der Waals surface area (Å²) in [5.41, 5.74) is -11.5. The molecule has 0 amide bonds. The van der Waals surface area contributed by atoms with Crippen LogP contribution in [-0.2, 0) is 50.4 Å². The molecule has 3 heterocycles. The maximum Gasteiger partial charge on any atom is 0.432 e.